The van der Waals surface area contributed by atoms with Gasteiger partial charge >= 0.3 is 0 Å². The molecule has 19 heavy (non-hydrogen) atoms. The number of aromatic nitrogens is 2. The Morgan fingerprint density at radius 3 is 2.68 bits per heavy atom. The number of fused-ring (bicyclic) bond motifs is 1. The van der Waals surface area contributed by atoms with Gasteiger partial charge in [0.25, 0.3) is 0 Å². The maximum absolute atomic E-state index is 6.32. The van der Waals surface area contributed by atoms with Crippen LogP contribution in [0.5, 0.6) is 0 Å². The molecule has 1 heterocycles. The Morgan fingerprint density at radius 1 is 1.26 bits per heavy atom. The van der Waals surface area contributed by atoms with Gasteiger partial charge in [0.2, 0.25) is 0 Å². The van der Waals surface area contributed by atoms with E-state index in [-0.39, 0.29) is 5.38 Å². The molecular formula is C15H18Cl2N2. The highest BCUT2D eigenvalue weighted by atomic mass is 35.5. The van der Waals surface area contributed by atoms with Crippen molar-refractivity contribution in [2.45, 2.75) is 50.4 Å². The van der Waals surface area contributed by atoms with Gasteiger partial charge in [0.1, 0.15) is 5.82 Å². The highest BCUT2D eigenvalue weighted by Crippen LogP contribution is 2.36. The van der Waals surface area contributed by atoms with E-state index < -0.39 is 0 Å². The minimum atomic E-state index is -0.0758. The molecule has 4 heteroatoms. The maximum atomic E-state index is 6.32. The van der Waals surface area contributed by atoms with Gasteiger partial charge in [-0.3, -0.25) is 0 Å². The van der Waals surface area contributed by atoms with Crippen molar-refractivity contribution >= 4 is 34.2 Å². The number of hydrogen-bond acceptors (Lipinski definition) is 1. The third kappa shape index (κ3) is 2.48. The summed E-state index contributed by atoms with van der Waals surface area (Å²) in [6, 6.07) is 6.42. The van der Waals surface area contributed by atoms with Gasteiger partial charge in [-0.1, -0.05) is 30.9 Å². The molecule has 1 fully saturated rings. The van der Waals surface area contributed by atoms with Crippen LogP contribution in [0.4, 0.5) is 0 Å². The van der Waals surface area contributed by atoms with Gasteiger partial charge < -0.3 is 4.57 Å². The van der Waals surface area contributed by atoms with Crippen LogP contribution in [0.25, 0.3) is 11.0 Å². The van der Waals surface area contributed by atoms with Crippen molar-refractivity contribution in [2.24, 2.45) is 0 Å². The number of alkyl halides is 1. The molecule has 3 rings (SSSR count). The van der Waals surface area contributed by atoms with E-state index in [1.54, 1.807) is 0 Å². The smallest absolute Gasteiger partial charge is 0.127 e. The second kappa shape index (κ2) is 5.34. The second-order valence-corrected chi connectivity index (χ2v) is 6.47. The molecule has 102 valence electrons. The molecule has 2 nitrogen and oxygen atoms in total. The summed E-state index contributed by atoms with van der Waals surface area (Å²) in [6.45, 7) is 1.99. The van der Waals surface area contributed by atoms with Crippen molar-refractivity contribution in [1.29, 1.82) is 0 Å². The first-order chi connectivity index (χ1) is 9.16. The number of nitrogens with zero attached hydrogens (tertiary/aromatic N) is 2. The highest BCUT2D eigenvalue weighted by Gasteiger charge is 2.23. The van der Waals surface area contributed by atoms with Crippen LogP contribution in [0.2, 0.25) is 5.02 Å². The maximum Gasteiger partial charge on any atom is 0.127 e. The Bertz CT molecular complexity index is 583. The molecule has 1 aromatic heterocycles. The van der Waals surface area contributed by atoms with Gasteiger partial charge in [-0.25, -0.2) is 4.98 Å². The highest BCUT2D eigenvalue weighted by molar-refractivity contribution is 6.31. The van der Waals surface area contributed by atoms with Gasteiger partial charge in [-0.15, -0.1) is 11.6 Å². The Labute approximate surface area is 123 Å². The van der Waals surface area contributed by atoms with Crippen molar-refractivity contribution in [2.75, 3.05) is 0 Å². The first-order valence-electron chi connectivity index (χ1n) is 6.98. The van der Waals surface area contributed by atoms with Crippen molar-refractivity contribution < 1.29 is 0 Å². The van der Waals surface area contributed by atoms with Gasteiger partial charge in [-0.2, -0.15) is 0 Å². The monoisotopic (exact) mass is 296 g/mol. The first kappa shape index (κ1) is 13.3. The summed E-state index contributed by atoms with van der Waals surface area (Å²) in [6.07, 6.45) is 6.36. The van der Waals surface area contributed by atoms with Crippen molar-refractivity contribution in [3.8, 4) is 0 Å². The number of rotatable bonds is 2. The quantitative estimate of drug-likeness (QED) is 0.670. The molecule has 0 saturated heterocycles. The Morgan fingerprint density at radius 2 is 2.00 bits per heavy atom. The van der Waals surface area contributed by atoms with E-state index in [4.69, 9.17) is 28.2 Å². The first-order valence-corrected chi connectivity index (χ1v) is 7.79. The third-order valence-corrected chi connectivity index (χ3v) is 4.40. The van der Waals surface area contributed by atoms with Gasteiger partial charge in [-0.05, 0) is 38.0 Å². The zero-order valence-electron chi connectivity index (χ0n) is 11.1. The van der Waals surface area contributed by atoms with E-state index in [2.05, 4.69) is 4.57 Å². The summed E-state index contributed by atoms with van der Waals surface area (Å²) < 4.78 is 2.33. The van der Waals surface area contributed by atoms with Gasteiger partial charge in [0, 0.05) is 11.1 Å². The molecule has 1 atom stereocenters. The van der Waals surface area contributed by atoms with E-state index in [9.17, 15) is 0 Å². The normalized spacial score (nSPS) is 18.9. The summed E-state index contributed by atoms with van der Waals surface area (Å²) in [5, 5.41) is 0.686. The third-order valence-electron chi connectivity index (χ3n) is 3.97. The molecule has 0 amide bonds. The molecule has 0 bridgehead atoms. The van der Waals surface area contributed by atoms with Crippen LogP contribution >= 0.6 is 23.2 Å². The molecule has 0 N–H and O–H groups in total. The van der Waals surface area contributed by atoms with Crippen molar-refractivity contribution in [1.82, 2.24) is 9.55 Å². The molecule has 2 aromatic rings. The predicted molar refractivity (Wildman–Crippen MR) is 81.1 cm³/mol. The van der Waals surface area contributed by atoms with Crippen LogP contribution in [-0.4, -0.2) is 9.55 Å². The van der Waals surface area contributed by atoms with E-state index in [0.717, 1.165) is 21.9 Å². The SMILES string of the molecule is CC(Cl)c1nc2ccc(Cl)cc2n1C1CCCCC1. The molecule has 0 spiro atoms. The topological polar surface area (TPSA) is 17.8 Å². The second-order valence-electron chi connectivity index (χ2n) is 5.38. The molecular weight excluding hydrogens is 279 g/mol. The summed E-state index contributed by atoms with van der Waals surface area (Å²) in [5.41, 5.74) is 2.12. The number of hydrogen-bond donors (Lipinski definition) is 0. The lowest BCUT2D eigenvalue weighted by molar-refractivity contribution is 0.352. The largest absolute Gasteiger partial charge is 0.324 e. The average molecular weight is 297 g/mol. The van der Waals surface area contributed by atoms with Crippen LogP contribution in [-0.2, 0) is 0 Å². The summed E-state index contributed by atoms with van der Waals surface area (Å²) >= 11 is 12.5. The molecule has 1 unspecified atom stereocenters. The summed E-state index contributed by atoms with van der Waals surface area (Å²) in [4.78, 5) is 4.70. The van der Waals surface area contributed by atoms with E-state index in [1.165, 1.54) is 32.1 Å². The lowest BCUT2D eigenvalue weighted by atomic mass is 9.95. The van der Waals surface area contributed by atoms with Crippen LogP contribution in [0.15, 0.2) is 18.2 Å². The lowest BCUT2D eigenvalue weighted by Crippen LogP contribution is -2.15. The number of halogens is 2. The Hall–Kier alpha value is -0.730. The summed E-state index contributed by atoms with van der Waals surface area (Å²) in [7, 11) is 0. The van der Waals surface area contributed by atoms with Crippen LogP contribution in [0.1, 0.15) is 56.3 Å². The minimum Gasteiger partial charge on any atom is -0.324 e. The fourth-order valence-corrected chi connectivity index (χ4v) is 3.41. The van der Waals surface area contributed by atoms with Crippen molar-refractivity contribution in [3.05, 3.63) is 29.0 Å². The van der Waals surface area contributed by atoms with E-state index in [0.29, 0.717) is 6.04 Å². The Kier molecular flexibility index (Phi) is 3.72. The van der Waals surface area contributed by atoms with Crippen LogP contribution < -0.4 is 0 Å². The molecule has 0 radical (unpaired) electrons. The number of benzene rings is 1. The Balaban J connectivity index is 2.17. The van der Waals surface area contributed by atoms with Gasteiger partial charge in [0.05, 0.1) is 16.4 Å². The van der Waals surface area contributed by atoms with Crippen molar-refractivity contribution in [3.63, 3.8) is 0 Å². The molecule has 1 saturated carbocycles. The van der Waals surface area contributed by atoms with E-state index in [1.807, 2.05) is 25.1 Å². The average Bonchev–Trinajstić information content (AvgIpc) is 2.78. The predicted octanol–water partition coefficient (Wildman–Crippen LogP) is 5.49. The van der Waals surface area contributed by atoms with E-state index >= 15 is 0 Å². The zero-order chi connectivity index (χ0) is 13.4. The summed E-state index contributed by atoms with van der Waals surface area (Å²) in [5.74, 6) is 0.978. The zero-order valence-corrected chi connectivity index (χ0v) is 12.6. The van der Waals surface area contributed by atoms with Gasteiger partial charge in [0.15, 0.2) is 0 Å². The molecule has 1 aromatic carbocycles. The fraction of sp³-hybridized carbons (Fsp3) is 0.533. The lowest BCUT2D eigenvalue weighted by Gasteiger charge is -2.26. The fourth-order valence-electron chi connectivity index (χ4n) is 3.09. The minimum absolute atomic E-state index is 0.0758. The van der Waals surface area contributed by atoms with Crippen LogP contribution in [0, 0.1) is 0 Å². The molecule has 1 aliphatic rings. The standard InChI is InChI=1S/C15H18Cl2N2/c1-10(16)15-18-13-8-7-11(17)9-14(13)19(15)12-5-3-2-4-6-12/h7-10,12H,2-6H2,1H3. The van der Waals surface area contributed by atoms with Crippen LogP contribution in [0.3, 0.4) is 0 Å². The molecule has 1 aliphatic carbocycles. The number of imidazole rings is 1. The molecule has 0 aliphatic heterocycles.